The summed E-state index contributed by atoms with van der Waals surface area (Å²) in [4.78, 5) is 0. The quantitative estimate of drug-likeness (QED) is 0.751. The van der Waals surface area contributed by atoms with Gasteiger partial charge in [0.05, 0.1) is 17.4 Å². The van der Waals surface area contributed by atoms with E-state index in [1.807, 2.05) is 6.20 Å². The van der Waals surface area contributed by atoms with Gasteiger partial charge >= 0.3 is 0 Å². The summed E-state index contributed by atoms with van der Waals surface area (Å²) in [6, 6.07) is 0. The van der Waals surface area contributed by atoms with Crippen molar-refractivity contribution in [2.24, 2.45) is 0 Å². The van der Waals surface area contributed by atoms with Crippen molar-refractivity contribution < 1.29 is 0 Å². The zero-order valence-corrected chi connectivity index (χ0v) is 12.2. The maximum Gasteiger partial charge on any atom is 0.0731 e. The van der Waals surface area contributed by atoms with Gasteiger partial charge in [0, 0.05) is 5.41 Å². The van der Waals surface area contributed by atoms with Crippen molar-refractivity contribution in [3.05, 3.63) is 11.9 Å². The van der Waals surface area contributed by atoms with E-state index < -0.39 is 0 Å². The molecule has 0 aliphatic carbocycles. The molecule has 0 atom stereocenters. The Morgan fingerprint density at radius 3 is 1.94 bits per heavy atom. The van der Waals surface area contributed by atoms with Crippen molar-refractivity contribution in [3.63, 3.8) is 0 Å². The third-order valence-electron chi connectivity index (χ3n) is 4.76. The molecule has 1 aromatic heterocycles. The van der Waals surface area contributed by atoms with Crippen molar-refractivity contribution in [2.75, 3.05) is 0 Å². The van der Waals surface area contributed by atoms with Crippen molar-refractivity contribution in [2.45, 2.75) is 78.2 Å². The van der Waals surface area contributed by atoms with E-state index >= 15 is 0 Å². The summed E-state index contributed by atoms with van der Waals surface area (Å²) in [5, 5.41) is 8.52. The molecule has 0 fully saturated rings. The molecule has 0 spiro atoms. The molecule has 3 nitrogen and oxygen atoms in total. The number of hydrogen-bond acceptors (Lipinski definition) is 2. The Hall–Kier alpha value is -0.860. The minimum Gasteiger partial charge on any atom is -0.243 e. The maximum atomic E-state index is 4.36. The van der Waals surface area contributed by atoms with Crippen LogP contribution in [0.3, 0.4) is 0 Å². The summed E-state index contributed by atoms with van der Waals surface area (Å²) < 4.78 is 2.17. The summed E-state index contributed by atoms with van der Waals surface area (Å²) in [6.45, 7) is 13.5. The van der Waals surface area contributed by atoms with Crippen molar-refractivity contribution in [1.82, 2.24) is 15.0 Å². The molecular formula is C14H27N3. The van der Waals surface area contributed by atoms with Gasteiger partial charge in [-0.2, -0.15) is 0 Å². The maximum absolute atomic E-state index is 4.36. The number of hydrogen-bond donors (Lipinski definition) is 0. The van der Waals surface area contributed by atoms with Crippen LogP contribution in [-0.4, -0.2) is 15.0 Å². The van der Waals surface area contributed by atoms with E-state index in [-0.39, 0.29) is 11.0 Å². The van der Waals surface area contributed by atoms with Gasteiger partial charge in [-0.25, -0.2) is 4.68 Å². The Morgan fingerprint density at radius 1 is 1.00 bits per heavy atom. The summed E-state index contributed by atoms with van der Waals surface area (Å²) >= 11 is 0. The minimum absolute atomic E-state index is 0.0947. The minimum atomic E-state index is 0.0947. The summed E-state index contributed by atoms with van der Waals surface area (Å²) in [5.41, 5.74) is 1.57. The number of nitrogens with zero attached hydrogens (tertiary/aromatic N) is 3. The Kier molecular flexibility index (Phi) is 4.34. The summed E-state index contributed by atoms with van der Waals surface area (Å²) in [5.74, 6) is 0. The van der Waals surface area contributed by atoms with Crippen LogP contribution in [-0.2, 0) is 11.0 Å². The molecule has 0 radical (unpaired) electrons. The van der Waals surface area contributed by atoms with Crippen LogP contribution in [0.15, 0.2) is 6.20 Å². The highest BCUT2D eigenvalue weighted by molar-refractivity contribution is 5.13. The van der Waals surface area contributed by atoms with Crippen LogP contribution in [0, 0.1) is 0 Å². The lowest BCUT2D eigenvalue weighted by atomic mass is 9.80. The first-order valence-corrected chi connectivity index (χ1v) is 6.89. The smallest absolute Gasteiger partial charge is 0.0731 e. The highest BCUT2D eigenvalue weighted by Crippen LogP contribution is 2.34. The van der Waals surface area contributed by atoms with E-state index in [9.17, 15) is 0 Å². The first-order chi connectivity index (χ1) is 7.97. The Morgan fingerprint density at radius 2 is 1.53 bits per heavy atom. The van der Waals surface area contributed by atoms with Crippen LogP contribution in [0.25, 0.3) is 0 Å². The van der Waals surface area contributed by atoms with Gasteiger partial charge in [0.15, 0.2) is 0 Å². The topological polar surface area (TPSA) is 30.7 Å². The largest absolute Gasteiger partial charge is 0.243 e. The van der Waals surface area contributed by atoms with Gasteiger partial charge in [-0.1, -0.05) is 39.8 Å². The molecule has 0 saturated heterocycles. The fourth-order valence-corrected chi connectivity index (χ4v) is 2.21. The summed E-state index contributed by atoms with van der Waals surface area (Å²) in [7, 11) is 0. The molecule has 17 heavy (non-hydrogen) atoms. The molecule has 3 heteroatoms. The predicted octanol–water partition coefficient (Wildman–Crippen LogP) is 3.89. The molecule has 0 aromatic carbocycles. The van der Waals surface area contributed by atoms with Crippen LogP contribution in [0.5, 0.6) is 0 Å². The fourth-order valence-electron chi connectivity index (χ4n) is 2.21. The van der Waals surface area contributed by atoms with E-state index in [4.69, 9.17) is 0 Å². The molecule has 0 aliphatic heterocycles. The lowest BCUT2D eigenvalue weighted by molar-refractivity contribution is 0.232. The second-order valence-corrected chi connectivity index (χ2v) is 5.50. The normalized spacial score (nSPS) is 13.1. The molecule has 0 aliphatic rings. The van der Waals surface area contributed by atoms with Crippen LogP contribution in [0.4, 0.5) is 0 Å². The molecule has 0 saturated carbocycles. The fraction of sp³-hybridized carbons (Fsp3) is 0.857. The van der Waals surface area contributed by atoms with Crippen LogP contribution >= 0.6 is 0 Å². The Labute approximate surface area is 106 Å². The monoisotopic (exact) mass is 237 g/mol. The van der Waals surface area contributed by atoms with Crippen LogP contribution in [0.1, 0.15) is 72.9 Å². The average Bonchev–Trinajstić information content (AvgIpc) is 2.87. The first-order valence-electron chi connectivity index (χ1n) is 6.89. The van der Waals surface area contributed by atoms with Crippen LogP contribution < -0.4 is 0 Å². The van der Waals surface area contributed by atoms with Gasteiger partial charge in [0.1, 0.15) is 0 Å². The average molecular weight is 237 g/mol. The van der Waals surface area contributed by atoms with Gasteiger partial charge in [-0.3, -0.25) is 0 Å². The number of aromatic nitrogens is 3. The SMILES string of the molecule is CCC(C)(CC)c1cnnn1C(C)(CC)CC. The molecule has 0 bridgehead atoms. The molecule has 0 N–H and O–H groups in total. The van der Waals surface area contributed by atoms with Gasteiger partial charge in [-0.05, 0) is 32.6 Å². The highest BCUT2D eigenvalue weighted by Gasteiger charge is 2.33. The molecule has 1 heterocycles. The Bertz CT molecular complexity index is 314. The first kappa shape index (κ1) is 14.2. The second kappa shape index (κ2) is 5.19. The molecule has 0 amide bonds. The van der Waals surface area contributed by atoms with Crippen molar-refractivity contribution >= 4 is 0 Å². The van der Waals surface area contributed by atoms with Gasteiger partial charge in [0.2, 0.25) is 0 Å². The third-order valence-corrected chi connectivity index (χ3v) is 4.76. The van der Waals surface area contributed by atoms with Gasteiger partial charge < -0.3 is 0 Å². The van der Waals surface area contributed by atoms with Gasteiger partial charge in [0.25, 0.3) is 0 Å². The highest BCUT2D eigenvalue weighted by atomic mass is 15.5. The molecule has 1 aromatic rings. The predicted molar refractivity (Wildman–Crippen MR) is 72.2 cm³/mol. The third kappa shape index (κ3) is 2.38. The Balaban J connectivity index is 3.25. The molecule has 98 valence electrons. The van der Waals surface area contributed by atoms with E-state index in [0.717, 1.165) is 25.7 Å². The number of rotatable bonds is 6. The molecule has 0 unspecified atom stereocenters. The van der Waals surface area contributed by atoms with E-state index in [0.29, 0.717) is 0 Å². The zero-order chi connectivity index (χ0) is 13.1. The lowest BCUT2D eigenvalue weighted by Gasteiger charge is -2.34. The summed E-state index contributed by atoms with van der Waals surface area (Å²) in [6.07, 6.45) is 6.38. The van der Waals surface area contributed by atoms with E-state index in [2.05, 4.69) is 56.5 Å². The standard InChI is InChI=1S/C14H27N3/c1-7-13(5,8-2)12-11-15-16-17(12)14(6,9-3)10-4/h11H,7-10H2,1-6H3. The van der Waals surface area contributed by atoms with E-state index in [1.165, 1.54) is 5.69 Å². The molecule has 1 rings (SSSR count). The van der Waals surface area contributed by atoms with E-state index in [1.54, 1.807) is 0 Å². The van der Waals surface area contributed by atoms with Crippen molar-refractivity contribution in [1.29, 1.82) is 0 Å². The lowest BCUT2D eigenvalue weighted by Crippen LogP contribution is -2.36. The van der Waals surface area contributed by atoms with Crippen molar-refractivity contribution in [3.8, 4) is 0 Å². The molecular weight excluding hydrogens is 210 g/mol. The van der Waals surface area contributed by atoms with Crippen LogP contribution in [0.2, 0.25) is 0 Å². The van der Waals surface area contributed by atoms with Gasteiger partial charge in [-0.15, -0.1) is 5.10 Å². The zero-order valence-electron chi connectivity index (χ0n) is 12.2. The second-order valence-electron chi connectivity index (χ2n) is 5.50.